The van der Waals surface area contributed by atoms with Crippen molar-refractivity contribution in [3.05, 3.63) is 35.2 Å². The molecule has 3 rings (SSSR count). The van der Waals surface area contributed by atoms with Crippen LogP contribution in [0.5, 0.6) is 0 Å². The highest BCUT2D eigenvalue weighted by atomic mass is 32.1. The van der Waals surface area contributed by atoms with E-state index in [-0.39, 0.29) is 18.0 Å². The number of carboxylic acid groups (broad SMARTS) is 1. The monoisotopic (exact) mass is 332 g/mol. The van der Waals surface area contributed by atoms with Crippen LogP contribution in [-0.2, 0) is 11.3 Å². The molecule has 23 heavy (non-hydrogen) atoms. The van der Waals surface area contributed by atoms with Gasteiger partial charge < -0.3 is 15.7 Å². The summed E-state index contributed by atoms with van der Waals surface area (Å²) in [5, 5.41) is 16.0. The van der Waals surface area contributed by atoms with Crippen molar-refractivity contribution in [2.45, 2.75) is 38.3 Å². The second-order valence-electron chi connectivity index (χ2n) is 5.96. The fourth-order valence-electron chi connectivity index (χ4n) is 3.01. The van der Waals surface area contributed by atoms with Crippen molar-refractivity contribution in [3.8, 4) is 0 Å². The van der Waals surface area contributed by atoms with Crippen LogP contribution in [0, 0.1) is 5.92 Å². The predicted octanol–water partition coefficient (Wildman–Crippen LogP) is 3.34. The third kappa shape index (κ3) is 4.01. The molecule has 0 spiro atoms. The van der Waals surface area contributed by atoms with Crippen LogP contribution in [0.4, 0.5) is 4.79 Å². The number of amides is 2. The number of thiophene rings is 1. The molecule has 1 saturated carbocycles. The van der Waals surface area contributed by atoms with Gasteiger partial charge in [-0.3, -0.25) is 4.79 Å². The molecule has 0 aliphatic heterocycles. The maximum Gasteiger partial charge on any atom is 0.315 e. The van der Waals surface area contributed by atoms with Gasteiger partial charge in [-0.25, -0.2) is 4.79 Å². The van der Waals surface area contributed by atoms with Crippen LogP contribution in [0.25, 0.3) is 10.1 Å². The topological polar surface area (TPSA) is 78.4 Å². The summed E-state index contributed by atoms with van der Waals surface area (Å²) < 4.78 is 1.22. The van der Waals surface area contributed by atoms with Crippen LogP contribution in [0.15, 0.2) is 30.3 Å². The highest BCUT2D eigenvalue weighted by Gasteiger charge is 2.26. The van der Waals surface area contributed by atoms with Crippen LogP contribution in [0.2, 0.25) is 0 Å². The minimum absolute atomic E-state index is 0.0769. The van der Waals surface area contributed by atoms with Gasteiger partial charge in [-0.15, -0.1) is 11.3 Å². The van der Waals surface area contributed by atoms with Gasteiger partial charge in [0.05, 0.1) is 12.5 Å². The van der Waals surface area contributed by atoms with E-state index < -0.39 is 5.97 Å². The Morgan fingerprint density at radius 2 is 1.91 bits per heavy atom. The molecule has 0 saturated heterocycles. The maximum absolute atomic E-state index is 12.0. The van der Waals surface area contributed by atoms with Gasteiger partial charge in [0.15, 0.2) is 0 Å². The molecule has 1 aliphatic rings. The fourth-order valence-corrected chi connectivity index (χ4v) is 4.02. The minimum Gasteiger partial charge on any atom is -0.481 e. The molecular formula is C17H20N2O3S. The molecule has 0 atom stereocenters. The number of urea groups is 1. The molecule has 5 nitrogen and oxygen atoms in total. The first-order valence-corrected chi connectivity index (χ1v) is 8.68. The Balaban J connectivity index is 1.45. The lowest BCUT2D eigenvalue weighted by molar-refractivity contribution is -0.142. The SMILES string of the molecule is O=C(NCc1cc2ccccc2s1)NC1CCC(C(=O)O)CC1. The Kier molecular flexibility index (Phi) is 4.81. The van der Waals surface area contributed by atoms with Crippen LogP contribution in [-0.4, -0.2) is 23.1 Å². The van der Waals surface area contributed by atoms with E-state index in [4.69, 9.17) is 5.11 Å². The minimum atomic E-state index is -0.724. The number of aliphatic carboxylic acids is 1. The molecule has 0 bridgehead atoms. The zero-order valence-corrected chi connectivity index (χ0v) is 13.6. The number of carbonyl (C=O) groups is 2. The number of benzene rings is 1. The molecule has 3 N–H and O–H groups in total. The number of rotatable bonds is 4. The molecule has 6 heteroatoms. The summed E-state index contributed by atoms with van der Waals surface area (Å²) in [5.41, 5.74) is 0. The van der Waals surface area contributed by atoms with E-state index in [2.05, 4.69) is 28.8 Å². The Labute approximate surface area is 138 Å². The number of hydrogen-bond donors (Lipinski definition) is 3. The predicted molar refractivity (Wildman–Crippen MR) is 90.6 cm³/mol. The van der Waals surface area contributed by atoms with Gasteiger partial charge in [-0.2, -0.15) is 0 Å². The summed E-state index contributed by atoms with van der Waals surface area (Å²) in [6, 6.07) is 10.1. The second-order valence-corrected chi connectivity index (χ2v) is 7.13. The standard InChI is InChI=1S/C17H20N2O3S/c20-16(21)11-5-7-13(8-6-11)19-17(22)18-10-14-9-12-3-1-2-4-15(12)23-14/h1-4,9,11,13H,5-8,10H2,(H,20,21)(H2,18,19,22). The fraction of sp³-hybridized carbons (Fsp3) is 0.412. The number of nitrogens with one attached hydrogen (secondary N) is 2. The third-order valence-electron chi connectivity index (χ3n) is 4.31. The molecule has 1 aliphatic carbocycles. The summed E-state index contributed by atoms with van der Waals surface area (Å²) in [4.78, 5) is 24.0. The zero-order valence-electron chi connectivity index (χ0n) is 12.7. The van der Waals surface area contributed by atoms with E-state index in [1.165, 1.54) is 10.1 Å². The van der Waals surface area contributed by atoms with Crippen LogP contribution in [0.1, 0.15) is 30.6 Å². The van der Waals surface area contributed by atoms with Gasteiger partial charge in [-0.1, -0.05) is 18.2 Å². The quantitative estimate of drug-likeness (QED) is 0.803. The summed E-state index contributed by atoms with van der Waals surface area (Å²) in [7, 11) is 0. The molecule has 0 radical (unpaired) electrons. The van der Waals surface area contributed by atoms with Crippen molar-refractivity contribution in [3.63, 3.8) is 0 Å². The number of carboxylic acids is 1. The van der Waals surface area contributed by atoms with E-state index in [1.807, 2.05) is 12.1 Å². The first kappa shape index (κ1) is 15.8. The smallest absolute Gasteiger partial charge is 0.315 e. The largest absolute Gasteiger partial charge is 0.481 e. The summed E-state index contributed by atoms with van der Waals surface area (Å²) in [6.07, 6.45) is 2.73. The zero-order chi connectivity index (χ0) is 16.2. The van der Waals surface area contributed by atoms with Gasteiger partial charge in [0.25, 0.3) is 0 Å². The highest BCUT2D eigenvalue weighted by molar-refractivity contribution is 7.19. The Bertz CT molecular complexity index is 672. The van der Waals surface area contributed by atoms with Gasteiger partial charge in [0, 0.05) is 15.6 Å². The molecular weight excluding hydrogens is 312 g/mol. The van der Waals surface area contributed by atoms with Crippen molar-refractivity contribution in [1.82, 2.24) is 10.6 Å². The molecule has 1 aromatic carbocycles. The van der Waals surface area contributed by atoms with Crippen LogP contribution in [0.3, 0.4) is 0 Å². The molecule has 1 heterocycles. The summed E-state index contributed by atoms with van der Waals surface area (Å²) in [5.74, 6) is -0.979. The number of carbonyl (C=O) groups excluding carboxylic acids is 1. The van der Waals surface area contributed by atoms with Crippen molar-refractivity contribution >= 4 is 33.4 Å². The normalized spacial score (nSPS) is 21.0. The number of fused-ring (bicyclic) bond motifs is 1. The lowest BCUT2D eigenvalue weighted by atomic mass is 9.86. The molecule has 1 aromatic heterocycles. The molecule has 2 aromatic rings. The second kappa shape index (κ2) is 7.00. The molecule has 0 unspecified atom stereocenters. The Hall–Kier alpha value is -2.08. The Morgan fingerprint density at radius 1 is 1.17 bits per heavy atom. The number of hydrogen-bond acceptors (Lipinski definition) is 3. The third-order valence-corrected chi connectivity index (χ3v) is 5.43. The van der Waals surface area contributed by atoms with E-state index in [9.17, 15) is 9.59 Å². The average Bonchev–Trinajstić information content (AvgIpc) is 2.96. The molecule has 122 valence electrons. The van der Waals surface area contributed by atoms with Gasteiger partial charge >= 0.3 is 12.0 Å². The van der Waals surface area contributed by atoms with Crippen LogP contribution >= 0.6 is 11.3 Å². The van der Waals surface area contributed by atoms with Gasteiger partial charge in [0.1, 0.15) is 0 Å². The van der Waals surface area contributed by atoms with Gasteiger partial charge in [-0.05, 0) is 43.2 Å². The lowest BCUT2D eigenvalue weighted by Gasteiger charge is -2.26. The van der Waals surface area contributed by atoms with E-state index in [1.54, 1.807) is 11.3 Å². The van der Waals surface area contributed by atoms with Crippen molar-refractivity contribution < 1.29 is 14.7 Å². The molecule has 2 amide bonds. The van der Waals surface area contributed by atoms with Gasteiger partial charge in [0.2, 0.25) is 0 Å². The van der Waals surface area contributed by atoms with Crippen LogP contribution < -0.4 is 10.6 Å². The van der Waals surface area contributed by atoms with E-state index in [0.717, 1.165) is 17.7 Å². The summed E-state index contributed by atoms with van der Waals surface area (Å²) >= 11 is 1.68. The first-order valence-electron chi connectivity index (χ1n) is 7.86. The average molecular weight is 332 g/mol. The van der Waals surface area contributed by atoms with Crippen molar-refractivity contribution in [1.29, 1.82) is 0 Å². The maximum atomic E-state index is 12.0. The first-order chi connectivity index (χ1) is 11.1. The van der Waals surface area contributed by atoms with Crippen molar-refractivity contribution in [2.24, 2.45) is 5.92 Å². The molecule has 1 fully saturated rings. The van der Waals surface area contributed by atoms with E-state index in [0.29, 0.717) is 19.4 Å². The Morgan fingerprint density at radius 3 is 2.61 bits per heavy atom. The summed E-state index contributed by atoms with van der Waals surface area (Å²) in [6.45, 7) is 0.510. The highest BCUT2D eigenvalue weighted by Crippen LogP contribution is 2.25. The van der Waals surface area contributed by atoms with Crippen molar-refractivity contribution in [2.75, 3.05) is 0 Å². The lowest BCUT2D eigenvalue weighted by Crippen LogP contribution is -2.43. The van der Waals surface area contributed by atoms with E-state index >= 15 is 0 Å².